The first-order valence-electron chi connectivity index (χ1n) is 8.66. The number of hydrogen-bond donors (Lipinski definition) is 1. The molecule has 0 spiro atoms. The van der Waals surface area contributed by atoms with E-state index < -0.39 is 0 Å². The quantitative estimate of drug-likeness (QED) is 0.729. The van der Waals surface area contributed by atoms with Crippen molar-refractivity contribution in [3.8, 4) is 0 Å². The van der Waals surface area contributed by atoms with Crippen LogP contribution >= 0.6 is 0 Å². The molecule has 4 rings (SSSR count). The van der Waals surface area contributed by atoms with Gasteiger partial charge in [0.2, 0.25) is 0 Å². The van der Waals surface area contributed by atoms with Gasteiger partial charge in [-0.2, -0.15) is 0 Å². The number of anilines is 1. The molecular formula is C20H24N2O. The molecule has 0 amide bonds. The maximum Gasteiger partial charge on any atom is 0.0871 e. The van der Waals surface area contributed by atoms with Crippen LogP contribution in [0.1, 0.15) is 38.9 Å². The Morgan fingerprint density at radius 3 is 2.74 bits per heavy atom. The number of nitrogens with one attached hydrogen (secondary N) is 1. The lowest BCUT2D eigenvalue weighted by Gasteiger charge is -2.32. The molecule has 0 radical (unpaired) electrons. The summed E-state index contributed by atoms with van der Waals surface area (Å²) in [6.45, 7) is 8.26. The zero-order valence-electron chi connectivity index (χ0n) is 14.1. The van der Waals surface area contributed by atoms with Crippen LogP contribution in [0.2, 0.25) is 0 Å². The lowest BCUT2D eigenvalue weighted by atomic mass is 9.92. The van der Waals surface area contributed by atoms with Crippen LogP contribution in [-0.2, 0) is 11.3 Å². The summed E-state index contributed by atoms with van der Waals surface area (Å²) in [6, 6.07) is 13.6. The Bertz CT molecular complexity index is 865. The largest absolute Gasteiger partial charge is 0.382 e. The monoisotopic (exact) mass is 308 g/mol. The van der Waals surface area contributed by atoms with E-state index in [1.165, 1.54) is 33.1 Å². The molecule has 3 heteroatoms. The zero-order chi connectivity index (χ0) is 16.0. The molecule has 0 saturated heterocycles. The Balaban J connectivity index is 2.10. The number of ether oxygens (including phenoxy) is 1. The van der Waals surface area contributed by atoms with Gasteiger partial charge in [0.1, 0.15) is 0 Å². The van der Waals surface area contributed by atoms with E-state index in [2.05, 4.69) is 67.1 Å². The number of fused-ring (bicyclic) bond motifs is 5. The van der Waals surface area contributed by atoms with E-state index in [-0.39, 0.29) is 6.10 Å². The topological polar surface area (TPSA) is 26.2 Å². The number of para-hydroxylation sites is 1. The van der Waals surface area contributed by atoms with Crippen molar-refractivity contribution in [1.82, 2.24) is 4.57 Å². The first-order valence-corrected chi connectivity index (χ1v) is 8.66. The lowest BCUT2D eigenvalue weighted by molar-refractivity contribution is 0.0523. The summed E-state index contributed by atoms with van der Waals surface area (Å²) in [5.41, 5.74) is 5.19. The van der Waals surface area contributed by atoms with Crippen LogP contribution in [0.5, 0.6) is 0 Å². The second kappa shape index (κ2) is 5.57. The molecule has 1 unspecified atom stereocenters. The lowest BCUT2D eigenvalue weighted by Crippen LogP contribution is -2.26. The van der Waals surface area contributed by atoms with Gasteiger partial charge in [-0.3, -0.25) is 0 Å². The van der Waals surface area contributed by atoms with Crippen LogP contribution in [0.3, 0.4) is 0 Å². The van der Waals surface area contributed by atoms with Gasteiger partial charge in [0.05, 0.1) is 6.10 Å². The minimum absolute atomic E-state index is 0.172. The van der Waals surface area contributed by atoms with Crippen molar-refractivity contribution in [3.05, 3.63) is 42.0 Å². The second-order valence-corrected chi connectivity index (χ2v) is 6.41. The van der Waals surface area contributed by atoms with Crippen LogP contribution in [0.25, 0.3) is 21.8 Å². The predicted octanol–water partition coefficient (Wildman–Crippen LogP) is 5.10. The van der Waals surface area contributed by atoms with Crippen LogP contribution < -0.4 is 5.32 Å². The van der Waals surface area contributed by atoms with Gasteiger partial charge in [-0.05, 0) is 45.4 Å². The predicted molar refractivity (Wildman–Crippen MR) is 97.2 cm³/mol. The Labute approximate surface area is 137 Å². The molecule has 0 bridgehead atoms. The van der Waals surface area contributed by atoms with Gasteiger partial charge >= 0.3 is 0 Å². The highest BCUT2D eigenvalue weighted by Crippen LogP contribution is 2.43. The van der Waals surface area contributed by atoms with Crippen LogP contribution in [0.4, 0.5) is 5.69 Å². The Morgan fingerprint density at radius 1 is 1.13 bits per heavy atom. The molecule has 1 aromatic heterocycles. The molecule has 3 nitrogen and oxygen atoms in total. The van der Waals surface area contributed by atoms with E-state index in [0.29, 0.717) is 6.04 Å². The van der Waals surface area contributed by atoms with Gasteiger partial charge in [0, 0.05) is 52.3 Å². The van der Waals surface area contributed by atoms with E-state index in [1.807, 2.05) is 0 Å². The summed E-state index contributed by atoms with van der Waals surface area (Å²) in [6.07, 6.45) is 1.19. The van der Waals surface area contributed by atoms with E-state index in [9.17, 15) is 0 Å². The average Bonchev–Trinajstić information content (AvgIpc) is 2.88. The minimum atomic E-state index is 0.172. The molecule has 0 aliphatic carbocycles. The second-order valence-electron chi connectivity index (χ2n) is 6.41. The fraction of sp³-hybridized carbons (Fsp3) is 0.400. The number of hydrogen-bond acceptors (Lipinski definition) is 2. The summed E-state index contributed by atoms with van der Waals surface area (Å²) < 4.78 is 8.54. The standard InChI is InChI=1S/C20H24N2O/c1-4-22-16-9-7-6-8-14(16)19-17(22)11-10-15-20(19)18(23-5-2)12-13(3)21-15/h6-11,13,18,21H,4-5,12H2,1-3H3/t13?,18-/m0/s1. The molecule has 23 heavy (non-hydrogen) atoms. The first-order chi connectivity index (χ1) is 11.2. The Hall–Kier alpha value is -2.00. The van der Waals surface area contributed by atoms with Crippen LogP contribution in [0, 0.1) is 0 Å². The SMILES string of the molecule is CCO[C@H]1CC(C)Nc2ccc3c(c21)c1ccccc1n3CC. The first kappa shape index (κ1) is 14.6. The number of aryl methyl sites for hydroxylation is 1. The molecule has 2 heterocycles. The van der Waals surface area contributed by atoms with Crippen LogP contribution in [-0.4, -0.2) is 17.2 Å². The molecule has 0 fully saturated rings. The Morgan fingerprint density at radius 2 is 1.96 bits per heavy atom. The van der Waals surface area contributed by atoms with Crippen LogP contribution in [0.15, 0.2) is 36.4 Å². The third-order valence-corrected chi connectivity index (χ3v) is 4.95. The van der Waals surface area contributed by atoms with Gasteiger partial charge in [-0.15, -0.1) is 0 Å². The third kappa shape index (κ3) is 2.14. The Kier molecular flexibility index (Phi) is 3.53. The van der Waals surface area contributed by atoms with E-state index in [1.54, 1.807) is 0 Å². The van der Waals surface area contributed by atoms with Crippen molar-refractivity contribution in [1.29, 1.82) is 0 Å². The zero-order valence-corrected chi connectivity index (χ0v) is 14.1. The van der Waals surface area contributed by atoms with Gasteiger partial charge in [-0.1, -0.05) is 18.2 Å². The van der Waals surface area contributed by atoms with Crippen molar-refractivity contribution in [3.63, 3.8) is 0 Å². The molecule has 1 aliphatic rings. The number of benzene rings is 2. The van der Waals surface area contributed by atoms with Gasteiger partial charge in [0.15, 0.2) is 0 Å². The summed E-state index contributed by atoms with van der Waals surface area (Å²) in [5, 5.41) is 6.34. The fourth-order valence-electron chi connectivity index (χ4n) is 4.08. The molecule has 2 atom stereocenters. The molecule has 0 saturated carbocycles. The highest BCUT2D eigenvalue weighted by Gasteiger charge is 2.28. The van der Waals surface area contributed by atoms with E-state index in [4.69, 9.17) is 4.74 Å². The molecule has 1 N–H and O–H groups in total. The number of rotatable bonds is 3. The summed E-state index contributed by atoms with van der Waals surface area (Å²) in [5.74, 6) is 0. The molecule has 1 aliphatic heterocycles. The molecule has 3 aromatic rings. The average molecular weight is 308 g/mol. The normalized spacial score (nSPS) is 20.7. The van der Waals surface area contributed by atoms with Gasteiger partial charge in [-0.25, -0.2) is 0 Å². The molecule has 120 valence electrons. The third-order valence-electron chi connectivity index (χ3n) is 4.95. The van der Waals surface area contributed by atoms with Gasteiger partial charge < -0.3 is 14.6 Å². The van der Waals surface area contributed by atoms with Gasteiger partial charge in [0.25, 0.3) is 0 Å². The van der Waals surface area contributed by atoms with Crippen molar-refractivity contribution in [2.75, 3.05) is 11.9 Å². The summed E-state index contributed by atoms with van der Waals surface area (Å²) >= 11 is 0. The number of aromatic nitrogens is 1. The van der Waals surface area contributed by atoms with Crippen molar-refractivity contribution < 1.29 is 4.74 Å². The van der Waals surface area contributed by atoms with Crippen molar-refractivity contribution in [2.45, 2.75) is 45.9 Å². The highest BCUT2D eigenvalue weighted by atomic mass is 16.5. The summed E-state index contributed by atoms with van der Waals surface area (Å²) in [4.78, 5) is 0. The fourth-order valence-corrected chi connectivity index (χ4v) is 4.08. The maximum atomic E-state index is 6.13. The summed E-state index contributed by atoms with van der Waals surface area (Å²) in [7, 11) is 0. The number of nitrogens with zero attached hydrogens (tertiary/aromatic N) is 1. The highest BCUT2D eigenvalue weighted by molar-refractivity contribution is 6.11. The van der Waals surface area contributed by atoms with E-state index in [0.717, 1.165) is 19.6 Å². The molecular weight excluding hydrogens is 284 g/mol. The van der Waals surface area contributed by atoms with Crippen molar-refractivity contribution in [2.24, 2.45) is 0 Å². The van der Waals surface area contributed by atoms with Crippen molar-refractivity contribution >= 4 is 27.5 Å². The molecule has 2 aromatic carbocycles. The smallest absolute Gasteiger partial charge is 0.0871 e. The minimum Gasteiger partial charge on any atom is -0.382 e. The van der Waals surface area contributed by atoms with E-state index >= 15 is 0 Å². The maximum absolute atomic E-state index is 6.13.